The number of rotatable bonds is 8. The van der Waals surface area contributed by atoms with Gasteiger partial charge < -0.3 is 21.2 Å². The van der Waals surface area contributed by atoms with E-state index < -0.39 is 0 Å². The minimum atomic E-state index is 0.373. The van der Waals surface area contributed by atoms with E-state index >= 15 is 0 Å². The summed E-state index contributed by atoms with van der Waals surface area (Å²) in [4.78, 5) is 7.26. The summed E-state index contributed by atoms with van der Waals surface area (Å²) in [5.74, 6) is 0.373. The number of nitrogens with two attached hydrogens (primary N) is 1. The van der Waals surface area contributed by atoms with Crippen molar-refractivity contribution in [2.75, 3.05) is 38.5 Å². The maximum atomic E-state index is 11.9. The van der Waals surface area contributed by atoms with E-state index in [0.717, 1.165) is 44.6 Å². The second-order valence-corrected chi connectivity index (χ2v) is 5.53. The summed E-state index contributed by atoms with van der Waals surface area (Å²) >= 11 is 0. The molecule has 1 aromatic heterocycles. The molecule has 1 aromatic carbocycles. The number of hydrogen-bond acceptors (Lipinski definition) is 6. The van der Waals surface area contributed by atoms with Gasteiger partial charge in [-0.05, 0) is 62.9 Å². The third-order valence-corrected chi connectivity index (χ3v) is 3.49. The summed E-state index contributed by atoms with van der Waals surface area (Å²) in [6.45, 7) is 5.39. The third-order valence-electron chi connectivity index (χ3n) is 3.49. The van der Waals surface area contributed by atoms with Crippen molar-refractivity contribution in [3.8, 4) is 0 Å². The topological polar surface area (TPSA) is 94.0 Å². The molecule has 0 unspecified atom stereocenters. The molecule has 0 bridgehead atoms. The fraction of sp³-hybridized carbons (Fsp3) is 0.533. The minimum Gasteiger partial charge on any atom is -0.594 e. The maximum absolute atomic E-state index is 11.9. The Morgan fingerprint density at radius 2 is 2.09 bits per heavy atom. The molecular weight excluding hydrogens is 280 g/mol. The van der Waals surface area contributed by atoms with Gasteiger partial charge in [0.1, 0.15) is 5.52 Å². The van der Waals surface area contributed by atoms with E-state index in [0.29, 0.717) is 21.8 Å². The van der Waals surface area contributed by atoms with Crippen molar-refractivity contribution in [3.05, 3.63) is 29.0 Å². The molecule has 0 radical (unpaired) electrons. The van der Waals surface area contributed by atoms with Crippen molar-refractivity contribution in [1.29, 1.82) is 0 Å². The minimum absolute atomic E-state index is 0.373. The quantitative estimate of drug-likeness (QED) is 0.422. The SMILES string of the molecule is Cc1ccc2c(c1)nc(NCCCN(C)CCCN)n[n+]2[O-]. The molecule has 0 saturated carbocycles. The predicted molar refractivity (Wildman–Crippen MR) is 87.5 cm³/mol. The summed E-state index contributed by atoms with van der Waals surface area (Å²) < 4.78 is 0. The van der Waals surface area contributed by atoms with Crippen LogP contribution >= 0.6 is 0 Å². The average Bonchev–Trinajstić information content (AvgIpc) is 2.49. The van der Waals surface area contributed by atoms with Gasteiger partial charge in [0, 0.05) is 12.6 Å². The highest BCUT2D eigenvalue weighted by molar-refractivity contribution is 5.72. The van der Waals surface area contributed by atoms with E-state index in [4.69, 9.17) is 5.73 Å². The molecule has 7 heteroatoms. The Labute approximate surface area is 130 Å². The molecule has 22 heavy (non-hydrogen) atoms. The Morgan fingerprint density at radius 1 is 1.32 bits per heavy atom. The van der Waals surface area contributed by atoms with Crippen molar-refractivity contribution in [2.45, 2.75) is 19.8 Å². The van der Waals surface area contributed by atoms with Crippen LogP contribution in [-0.4, -0.2) is 48.2 Å². The molecule has 120 valence electrons. The Kier molecular flexibility index (Phi) is 5.85. The first-order chi connectivity index (χ1) is 10.6. The molecule has 0 fully saturated rings. The number of aromatic nitrogens is 3. The van der Waals surface area contributed by atoms with Crippen molar-refractivity contribution < 1.29 is 4.85 Å². The molecule has 0 atom stereocenters. The first-order valence-electron chi connectivity index (χ1n) is 7.61. The first-order valence-corrected chi connectivity index (χ1v) is 7.61. The summed E-state index contributed by atoms with van der Waals surface area (Å²) in [6, 6.07) is 5.51. The Balaban J connectivity index is 1.89. The fourth-order valence-corrected chi connectivity index (χ4v) is 2.26. The summed E-state index contributed by atoms with van der Waals surface area (Å²) in [7, 11) is 2.08. The zero-order valence-electron chi connectivity index (χ0n) is 13.2. The van der Waals surface area contributed by atoms with Crippen LogP contribution in [-0.2, 0) is 0 Å². The van der Waals surface area contributed by atoms with Gasteiger partial charge in [-0.15, -0.1) is 0 Å². The standard InChI is InChI=1S/C15H24N6O/c1-12-5-6-14-13(11-12)18-15(19-21(14)22)17-8-4-10-20(2)9-3-7-16/h5-6,11H,3-4,7-10,16H2,1-2H3,(H,17,18,19). The van der Waals surface area contributed by atoms with Crippen LogP contribution < -0.4 is 15.9 Å². The molecule has 0 aliphatic rings. The van der Waals surface area contributed by atoms with Gasteiger partial charge in [0.15, 0.2) is 0 Å². The predicted octanol–water partition coefficient (Wildman–Crippen LogP) is 0.654. The van der Waals surface area contributed by atoms with Gasteiger partial charge in [0.05, 0.1) is 5.10 Å². The Hall–Kier alpha value is -1.99. The van der Waals surface area contributed by atoms with Crippen LogP contribution in [0, 0.1) is 12.1 Å². The fourth-order valence-electron chi connectivity index (χ4n) is 2.26. The van der Waals surface area contributed by atoms with Gasteiger partial charge in [0.2, 0.25) is 0 Å². The van der Waals surface area contributed by atoms with Crippen molar-refractivity contribution in [1.82, 2.24) is 15.0 Å². The van der Waals surface area contributed by atoms with Crippen LogP contribution in [0.2, 0.25) is 0 Å². The zero-order valence-corrected chi connectivity index (χ0v) is 13.2. The molecule has 7 nitrogen and oxygen atoms in total. The molecule has 2 rings (SSSR count). The van der Waals surface area contributed by atoms with Crippen LogP contribution in [0.15, 0.2) is 18.2 Å². The third kappa shape index (κ3) is 4.51. The first kappa shape index (κ1) is 16.4. The van der Waals surface area contributed by atoms with Gasteiger partial charge in [-0.3, -0.25) is 0 Å². The number of hydrogen-bond donors (Lipinski definition) is 2. The van der Waals surface area contributed by atoms with Gasteiger partial charge in [-0.25, -0.2) is 4.98 Å². The normalized spacial score (nSPS) is 11.3. The maximum Gasteiger partial charge on any atom is 0.290 e. The van der Waals surface area contributed by atoms with Crippen LogP contribution in [0.4, 0.5) is 5.95 Å². The van der Waals surface area contributed by atoms with Gasteiger partial charge >= 0.3 is 0 Å². The number of nitrogens with zero attached hydrogens (tertiary/aromatic N) is 4. The van der Waals surface area contributed by atoms with Crippen LogP contribution in [0.25, 0.3) is 11.0 Å². The van der Waals surface area contributed by atoms with Crippen LogP contribution in [0.1, 0.15) is 18.4 Å². The average molecular weight is 304 g/mol. The van der Waals surface area contributed by atoms with E-state index in [9.17, 15) is 5.21 Å². The van der Waals surface area contributed by atoms with E-state index in [1.54, 1.807) is 6.07 Å². The Bertz CT molecular complexity index is 618. The molecule has 0 amide bonds. The van der Waals surface area contributed by atoms with E-state index in [-0.39, 0.29) is 0 Å². The highest BCUT2D eigenvalue weighted by Crippen LogP contribution is 2.10. The van der Waals surface area contributed by atoms with Gasteiger partial charge in [-0.1, -0.05) is 6.07 Å². The smallest absolute Gasteiger partial charge is 0.290 e. The lowest BCUT2D eigenvalue weighted by molar-refractivity contribution is -0.641. The lowest BCUT2D eigenvalue weighted by Gasteiger charge is -2.15. The molecule has 0 saturated heterocycles. The second kappa shape index (κ2) is 7.86. The Morgan fingerprint density at radius 3 is 2.86 bits per heavy atom. The molecule has 1 heterocycles. The number of nitrogens with one attached hydrogen (secondary N) is 1. The molecular formula is C15H24N6O. The van der Waals surface area contributed by atoms with Crippen molar-refractivity contribution in [3.63, 3.8) is 0 Å². The van der Waals surface area contributed by atoms with Gasteiger partial charge in [0.25, 0.3) is 11.5 Å². The lowest BCUT2D eigenvalue weighted by atomic mass is 10.2. The summed E-state index contributed by atoms with van der Waals surface area (Å²) in [5.41, 5.74) is 7.70. The van der Waals surface area contributed by atoms with Crippen molar-refractivity contribution in [2.24, 2.45) is 5.73 Å². The second-order valence-electron chi connectivity index (χ2n) is 5.53. The van der Waals surface area contributed by atoms with Crippen molar-refractivity contribution >= 4 is 17.0 Å². The molecule has 0 aliphatic carbocycles. The monoisotopic (exact) mass is 304 g/mol. The zero-order chi connectivity index (χ0) is 15.9. The molecule has 0 aliphatic heterocycles. The molecule has 2 aromatic rings. The highest BCUT2D eigenvalue weighted by Gasteiger charge is 2.10. The van der Waals surface area contributed by atoms with Crippen LogP contribution in [0.5, 0.6) is 0 Å². The van der Waals surface area contributed by atoms with Crippen LogP contribution in [0.3, 0.4) is 0 Å². The largest absolute Gasteiger partial charge is 0.594 e. The van der Waals surface area contributed by atoms with E-state index in [2.05, 4.69) is 27.3 Å². The van der Waals surface area contributed by atoms with Gasteiger partial charge in [-0.2, -0.15) is 0 Å². The van der Waals surface area contributed by atoms with E-state index in [1.165, 1.54) is 0 Å². The summed E-state index contributed by atoms with van der Waals surface area (Å²) in [5, 5.41) is 18.9. The number of aryl methyl sites for hydroxylation is 1. The number of fused-ring (bicyclic) bond motifs is 1. The highest BCUT2D eigenvalue weighted by atomic mass is 16.5. The number of benzene rings is 1. The molecule has 0 spiro atoms. The van der Waals surface area contributed by atoms with E-state index in [1.807, 2.05) is 19.1 Å². The lowest BCUT2D eigenvalue weighted by Crippen LogP contribution is -2.34. The summed E-state index contributed by atoms with van der Waals surface area (Å²) in [6.07, 6.45) is 1.96. The number of anilines is 1. The molecule has 3 N–H and O–H groups in total.